The number of alkyl halides is 3. The lowest BCUT2D eigenvalue weighted by Gasteiger charge is -2.16. The van der Waals surface area contributed by atoms with Crippen LogP contribution in [-0.2, 0) is 4.79 Å². The molecule has 0 aromatic carbocycles. The molecule has 1 atom stereocenters. The standard InChI is InChI=1S/C8H11F3N2O/c1-4(2)13-7(14)5(3)6(12-13)8(9,10)11/h4-5H,1-3H3. The summed E-state index contributed by atoms with van der Waals surface area (Å²) < 4.78 is 36.9. The van der Waals surface area contributed by atoms with E-state index >= 15 is 0 Å². The molecule has 6 heteroatoms. The zero-order valence-electron chi connectivity index (χ0n) is 8.09. The van der Waals surface area contributed by atoms with Gasteiger partial charge in [-0.15, -0.1) is 0 Å². The van der Waals surface area contributed by atoms with Crippen molar-refractivity contribution in [2.45, 2.75) is 33.0 Å². The van der Waals surface area contributed by atoms with E-state index in [1.165, 1.54) is 6.92 Å². The number of hydrogen-bond donors (Lipinski definition) is 0. The smallest absolute Gasteiger partial charge is 0.272 e. The van der Waals surface area contributed by atoms with Gasteiger partial charge in [0.15, 0.2) is 5.71 Å². The minimum atomic E-state index is -4.52. The Morgan fingerprint density at radius 3 is 2.14 bits per heavy atom. The van der Waals surface area contributed by atoms with Crippen LogP contribution in [-0.4, -0.2) is 28.8 Å². The monoisotopic (exact) mass is 208 g/mol. The molecule has 1 unspecified atom stereocenters. The van der Waals surface area contributed by atoms with E-state index in [1.54, 1.807) is 13.8 Å². The Balaban J connectivity index is 2.99. The Labute approximate surface area is 79.6 Å². The number of rotatable bonds is 1. The van der Waals surface area contributed by atoms with Crippen molar-refractivity contribution in [2.24, 2.45) is 11.0 Å². The molecule has 0 radical (unpaired) electrons. The van der Waals surface area contributed by atoms with Crippen molar-refractivity contribution in [3.05, 3.63) is 0 Å². The molecule has 14 heavy (non-hydrogen) atoms. The second-order valence-electron chi connectivity index (χ2n) is 3.48. The Morgan fingerprint density at radius 2 is 1.93 bits per heavy atom. The van der Waals surface area contributed by atoms with Gasteiger partial charge in [-0.1, -0.05) is 0 Å². The number of nitrogens with zero attached hydrogens (tertiary/aromatic N) is 2. The van der Waals surface area contributed by atoms with Gasteiger partial charge in [0, 0.05) is 6.04 Å². The van der Waals surface area contributed by atoms with E-state index in [9.17, 15) is 18.0 Å². The van der Waals surface area contributed by atoms with Gasteiger partial charge in [-0.05, 0) is 20.8 Å². The number of hydrazone groups is 1. The lowest BCUT2D eigenvalue weighted by Crippen LogP contribution is -2.33. The summed E-state index contributed by atoms with van der Waals surface area (Å²) in [6.45, 7) is 4.46. The molecule has 1 heterocycles. The van der Waals surface area contributed by atoms with Gasteiger partial charge < -0.3 is 0 Å². The summed E-state index contributed by atoms with van der Waals surface area (Å²) in [5.74, 6) is -1.77. The number of amides is 1. The lowest BCUT2D eigenvalue weighted by atomic mass is 10.1. The molecular formula is C8H11F3N2O. The zero-order chi connectivity index (χ0) is 11.1. The fourth-order valence-corrected chi connectivity index (χ4v) is 1.24. The summed E-state index contributed by atoms with van der Waals surface area (Å²) in [5.41, 5.74) is -1.00. The highest BCUT2D eigenvalue weighted by Crippen LogP contribution is 2.29. The molecule has 0 spiro atoms. The molecule has 80 valence electrons. The quantitative estimate of drug-likeness (QED) is 0.646. The normalized spacial score (nSPS) is 23.4. The van der Waals surface area contributed by atoms with E-state index < -0.39 is 23.7 Å². The molecular weight excluding hydrogens is 197 g/mol. The van der Waals surface area contributed by atoms with E-state index in [4.69, 9.17) is 0 Å². The summed E-state index contributed by atoms with van der Waals surface area (Å²) >= 11 is 0. The molecule has 1 aliphatic rings. The first-order valence-corrected chi connectivity index (χ1v) is 4.24. The van der Waals surface area contributed by atoms with Gasteiger partial charge in [-0.3, -0.25) is 4.79 Å². The molecule has 0 bridgehead atoms. The highest BCUT2D eigenvalue weighted by atomic mass is 19.4. The molecule has 0 N–H and O–H groups in total. The molecule has 1 aliphatic heterocycles. The Kier molecular flexibility index (Phi) is 2.56. The van der Waals surface area contributed by atoms with Crippen LogP contribution in [0.5, 0.6) is 0 Å². The highest BCUT2D eigenvalue weighted by molar-refractivity contribution is 6.10. The van der Waals surface area contributed by atoms with Crippen LogP contribution in [0.1, 0.15) is 20.8 Å². The van der Waals surface area contributed by atoms with Gasteiger partial charge in [0.25, 0.3) is 5.91 Å². The van der Waals surface area contributed by atoms with E-state index in [-0.39, 0.29) is 6.04 Å². The van der Waals surface area contributed by atoms with Gasteiger partial charge in [0.2, 0.25) is 0 Å². The molecule has 0 fully saturated rings. The summed E-state index contributed by atoms with van der Waals surface area (Å²) in [6.07, 6.45) is -4.52. The Hall–Kier alpha value is -1.07. The molecule has 0 saturated carbocycles. The maximum Gasteiger partial charge on any atom is 0.431 e. The van der Waals surface area contributed by atoms with Crippen molar-refractivity contribution in [1.82, 2.24) is 5.01 Å². The number of carbonyl (C=O) groups excluding carboxylic acids is 1. The van der Waals surface area contributed by atoms with Crippen molar-refractivity contribution in [3.8, 4) is 0 Å². The SMILES string of the molecule is CC1C(=O)N(C(C)C)N=C1C(F)(F)F. The van der Waals surface area contributed by atoms with Gasteiger partial charge in [0.1, 0.15) is 0 Å². The third-order valence-electron chi connectivity index (χ3n) is 2.00. The summed E-state index contributed by atoms with van der Waals surface area (Å²) in [4.78, 5) is 11.3. The van der Waals surface area contributed by atoms with E-state index in [0.29, 0.717) is 0 Å². The van der Waals surface area contributed by atoms with Crippen LogP contribution in [0.25, 0.3) is 0 Å². The second-order valence-corrected chi connectivity index (χ2v) is 3.48. The molecule has 0 aromatic heterocycles. The van der Waals surface area contributed by atoms with Crippen LogP contribution in [0.3, 0.4) is 0 Å². The summed E-state index contributed by atoms with van der Waals surface area (Å²) in [6, 6.07) is -0.343. The number of hydrogen-bond acceptors (Lipinski definition) is 2. The molecule has 0 saturated heterocycles. The van der Waals surface area contributed by atoms with Crippen molar-refractivity contribution in [2.75, 3.05) is 0 Å². The zero-order valence-corrected chi connectivity index (χ0v) is 8.09. The minimum absolute atomic E-state index is 0.343. The van der Waals surface area contributed by atoms with Crippen LogP contribution >= 0.6 is 0 Å². The molecule has 0 aromatic rings. The van der Waals surface area contributed by atoms with Crippen LogP contribution in [0, 0.1) is 5.92 Å². The van der Waals surface area contributed by atoms with Gasteiger partial charge in [-0.25, -0.2) is 5.01 Å². The maximum absolute atomic E-state index is 12.3. The Bertz CT molecular complexity index is 283. The largest absolute Gasteiger partial charge is 0.431 e. The third-order valence-corrected chi connectivity index (χ3v) is 2.00. The van der Waals surface area contributed by atoms with E-state index in [2.05, 4.69) is 5.10 Å². The van der Waals surface area contributed by atoms with Crippen LogP contribution < -0.4 is 0 Å². The fourth-order valence-electron chi connectivity index (χ4n) is 1.24. The van der Waals surface area contributed by atoms with Crippen molar-refractivity contribution in [1.29, 1.82) is 0 Å². The summed E-state index contributed by atoms with van der Waals surface area (Å²) in [7, 11) is 0. The minimum Gasteiger partial charge on any atom is -0.272 e. The first-order chi connectivity index (χ1) is 6.25. The Morgan fingerprint density at radius 1 is 1.43 bits per heavy atom. The highest BCUT2D eigenvalue weighted by Gasteiger charge is 2.48. The first kappa shape index (κ1) is 11.0. The third kappa shape index (κ3) is 1.73. The van der Waals surface area contributed by atoms with Gasteiger partial charge >= 0.3 is 6.18 Å². The predicted molar refractivity (Wildman–Crippen MR) is 44.6 cm³/mol. The van der Waals surface area contributed by atoms with Crippen LogP contribution in [0.2, 0.25) is 0 Å². The van der Waals surface area contributed by atoms with E-state index in [0.717, 1.165) is 5.01 Å². The summed E-state index contributed by atoms with van der Waals surface area (Å²) in [5, 5.41) is 4.18. The number of halogens is 3. The molecule has 3 nitrogen and oxygen atoms in total. The maximum atomic E-state index is 12.3. The van der Waals surface area contributed by atoms with Gasteiger partial charge in [-0.2, -0.15) is 18.3 Å². The fraction of sp³-hybridized carbons (Fsp3) is 0.750. The molecule has 0 aliphatic carbocycles. The van der Waals surface area contributed by atoms with Crippen molar-refractivity contribution >= 4 is 11.6 Å². The number of carbonyl (C=O) groups is 1. The topological polar surface area (TPSA) is 32.7 Å². The average Bonchev–Trinajstić information content (AvgIpc) is 2.28. The van der Waals surface area contributed by atoms with E-state index in [1.807, 2.05) is 0 Å². The van der Waals surface area contributed by atoms with Crippen molar-refractivity contribution in [3.63, 3.8) is 0 Å². The second kappa shape index (κ2) is 3.25. The van der Waals surface area contributed by atoms with Crippen LogP contribution in [0.15, 0.2) is 5.10 Å². The van der Waals surface area contributed by atoms with Crippen LogP contribution in [0.4, 0.5) is 13.2 Å². The first-order valence-electron chi connectivity index (χ1n) is 4.24. The predicted octanol–water partition coefficient (Wildman–Crippen LogP) is 1.79. The average molecular weight is 208 g/mol. The van der Waals surface area contributed by atoms with Gasteiger partial charge in [0.05, 0.1) is 5.92 Å². The molecule has 1 rings (SSSR count). The molecule has 1 amide bonds. The van der Waals surface area contributed by atoms with Crippen molar-refractivity contribution < 1.29 is 18.0 Å². The lowest BCUT2D eigenvalue weighted by molar-refractivity contribution is -0.133.